The lowest BCUT2D eigenvalue weighted by Crippen LogP contribution is -2.37. The zero-order chi connectivity index (χ0) is 19.7. The Balaban J connectivity index is 1.47. The number of ether oxygens (including phenoxy) is 1. The van der Waals surface area contributed by atoms with Gasteiger partial charge in [-0.3, -0.25) is 4.79 Å². The summed E-state index contributed by atoms with van der Waals surface area (Å²) in [7, 11) is 1.96. The van der Waals surface area contributed by atoms with Crippen molar-refractivity contribution < 1.29 is 14.6 Å². The summed E-state index contributed by atoms with van der Waals surface area (Å²) in [6.45, 7) is 0.377. The van der Waals surface area contributed by atoms with Crippen LogP contribution in [0, 0.1) is 0 Å². The van der Waals surface area contributed by atoms with E-state index >= 15 is 0 Å². The molecule has 0 radical (unpaired) electrons. The standard InChI is InChI=1S/C21H20ClN3O3/c1-24-19(14-2-5-16(22)6-3-14)10-17(23-24)13-28-18-7-4-15-8-9-25(12-21(26)27)20(15)11-18/h2-11,17,23H,12-13H2,1H3,(H,26,27). The second kappa shape index (κ2) is 7.58. The molecule has 0 saturated carbocycles. The van der Waals surface area contributed by atoms with Crippen molar-refractivity contribution in [1.82, 2.24) is 15.0 Å². The summed E-state index contributed by atoms with van der Waals surface area (Å²) in [5, 5.41) is 12.7. The van der Waals surface area contributed by atoms with Crippen LogP contribution in [0.3, 0.4) is 0 Å². The minimum absolute atomic E-state index is 0.0252. The van der Waals surface area contributed by atoms with Crippen molar-refractivity contribution in [3.63, 3.8) is 0 Å². The van der Waals surface area contributed by atoms with E-state index in [1.165, 1.54) is 0 Å². The molecular weight excluding hydrogens is 378 g/mol. The molecule has 2 aromatic carbocycles. The minimum atomic E-state index is -0.873. The van der Waals surface area contributed by atoms with Gasteiger partial charge in [-0.1, -0.05) is 23.7 Å². The Morgan fingerprint density at radius 1 is 1.21 bits per heavy atom. The lowest BCUT2D eigenvalue weighted by Gasteiger charge is -2.19. The molecule has 0 saturated heterocycles. The van der Waals surface area contributed by atoms with Crippen LogP contribution in [0.2, 0.25) is 5.02 Å². The molecular formula is C21H20ClN3O3. The van der Waals surface area contributed by atoms with Crippen LogP contribution in [0.5, 0.6) is 5.75 Å². The van der Waals surface area contributed by atoms with Crippen LogP contribution in [-0.2, 0) is 11.3 Å². The second-order valence-corrected chi connectivity index (χ2v) is 7.16. The lowest BCUT2D eigenvalue weighted by atomic mass is 10.1. The number of nitrogens with one attached hydrogen (secondary N) is 1. The molecule has 144 valence electrons. The summed E-state index contributed by atoms with van der Waals surface area (Å²) in [5.74, 6) is -0.169. The highest BCUT2D eigenvalue weighted by Crippen LogP contribution is 2.25. The molecule has 2 N–H and O–H groups in total. The first-order valence-corrected chi connectivity index (χ1v) is 9.28. The molecule has 1 aliphatic rings. The number of benzene rings is 2. The normalized spacial score (nSPS) is 16.4. The average Bonchev–Trinajstić information content (AvgIpc) is 3.23. The van der Waals surface area contributed by atoms with E-state index in [-0.39, 0.29) is 12.6 Å². The van der Waals surface area contributed by atoms with E-state index in [1.54, 1.807) is 10.8 Å². The van der Waals surface area contributed by atoms with Gasteiger partial charge in [0.1, 0.15) is 18.9 Å². The molecule has 2 heterocycles. The molecule has 0 spiro atoms. The number of aromatic nitrogens is 1. The first kappa shape index (κ1) is 18.4. The highest BCUT2D eigenvalue weighted by molar-refractivity contribution is 6.30. The Morgan fingerprint density at radius 3 is 2.75 bits per heavy atom. The number of fused-ring (bicyclic) bond motifs is 1. The van der Waals surface area contributed by atoms with E-state index in [0.717, 1.165) is 22.2 Å². The molecule has 4 rings (SSSR count). The van der Waals surface area contributed by atoms with Crippen LogP contribution in [0.1, 0.15) is 5.56 Å². The summed E-state index contributed by atoms with van der Waals surface area (Å²) < 4.78 is 7.66. The smallest absolute Gasteiger partial charge is 0.323 e. The Kier molecular flexibility index (Phi) is 4.98. The molecule has 6 nitrogen and oxygen atoms in total. The predicted molar refractivity (Wildman–Crippen MR) is 109 cm³/mol. The van der Waals surface area contributed by atoms with Gasteiger partial charge in [-0.15, -0.1) is 0 Å². The summed E-state index contributed by atoms with van der Waals surface area (Å²) in [6, 6.07) is 15.4. The molecule has 1 aromatic heterocycles. The number of carbonyl (C=O) groups is 1. The number of rotatable bonds is 6. The number of carboxylic acid groups (broad SMARTS) is 1. The first-order chi connectivity index (χ1) is 13.5. The van der Waals surface area contributed by atoms with Gasteiger partial charge in [-0.05, 0) is 47.4 Å². The van der Waals surface area contributed by atoms with E-state index in [9.17, 15) is 4.79 Å². The zero-order valence-electron chi connectivity index (χ0n) is 15.3. The van der Waals surface area contributed by atoms with Crippen LogP contribution in [0.25, 0.3) is 16.6 Å². The third-order valence-electron chi connectivity index (χ3n) is 4.70. The van der Waals surface area contributed by atoms with Gasteiger partial charge in [0.2, 0.25) is 0 Å². The maximum absolute atomic E-state index is 11.0. The Hall–Kier alpha value is -2.96. The molecule has 1 aliphatic heterocycles. The van der Waals surface area contributed by atoms with Crippen LogP contribution >= 0.6 is 11.6 Å². The Morgan fingerprint density at radius 2 is 2.00 bits per heavy atom. The van der Waals surface area contributed by atoms with Crippen molar-refractivity contribution in [2.24, 2.45) is 0 Å². The van der Waals surface area contributed by atoms with Crippen LogP contribution < -0.4 is 10.2 Å². The van der Waals surface area contributed by atoms with Gasteiger partial charge in [-0.25, -0.2) is 5.43 Å². The van der Waals surface area contributed by atoms with Crippen LogP contribution in [-0.4, -0.2) is 40.3 Å². The summed E-state index contributed by atoms with van der Waals surface area (Å²) in [6.07, 6.45) is 3.89. The largest absolute Gasteiger partial charge is 0.491 e. The molecule has 1 unspecified atom stereocenters. The van der Waals surface area contributed by atoms with Gasteiger partial charge >= 0.3 is 5.97 Å². The third kappa shape index (κ3) is 3.83. The quantitative estimate of drug-likeness (QED) is 0.665. The van der Waals surface area contributed by atoms with E-state index in [2.05, 4.69) is 11.5 Å². The van der Waals surface area contributed by atoms with Crippen molar-refractivity contribution in [1.29, 1.82) is 0 Å². The number of carboxylic acids is 1. The van der Waals surface area contributed by atoms with Crippen LogP contribution in [0.4, 0.5) is 0 Å². The van der Waals surface area contributed by atoms with Gasteiger partial charge in [0.15, 0.2) is 0 Å². The monoisotopic (exact) mass is 397 g/mol. The van der Waals surface area contributed by atoms with Crippen molar-refractivity contribution >= 4 is 34.2 Å². The molecule has 28 heavy (non-hydrogen) atoms. The van der Waals surface area contributed by atoms with Gasteiger partial charge in [-0.2, -0.15) is 0 Å². The fraction of sp³-hybridized carbons (Fsp3) is 0.190. The molecule has 0 amide bonds. The van der Waals surface area contributed by atoms with Crippen LogP contribution in [0.15, 0.2) is 60.8 Å². The first-order valence-electron chi connectivity index (χ1n) is 8.91. The number of aliphatic carboxylic acids is 1. The van der Waals surface area contributed by atoms with Gasteiger partial charge < -0.3 is 19.4 Å². The van der Waals surface area contributed by atoms with Crippen molar-refractivity contribution in [2.75, 3.05) is 13.7 Å². The number of nitrogens with zero attached hydrogens (tertiary/aromatic N) is 2. The van der Waals surface area contributed by atoms with Crippen molar-refractivity contribution in [3.05, 3.63) is 71.4 Å². The van der Waals surface area contributed by atoms with Gasteiger partial charge in [0.05, 0.1) is 17.3 Å². The molecule has 0 fully saturated rings. The topological polar surface area (TPSA) is 66.7 Å². The summed E-state index contributed by atoms with van der Waals surface area (Å²) in [5.41, 5.74) is 6.34. The average molecular weight is 398 g/mol. The van der Waals surface area contributed by atoms with E-state index in [1.807, 2.05) is 60.6 Å². The SMILES string of the molecule is CN1NC(COc2ccc3ccn(CC(=O)O)c3c2)C=C1c1ccc(Cl)cc1. The van der Waals surface area contributed by atoms with Gasteiger partial charge in [0.25, 0.3) is 0 Å². The molecule has 7 heteroatoms. The Bertz CT molecular complexity index is 1040. The lowest BCUT2D eigenvalue weighted by molar-refractivity contribution is -0.137. The van der Waals surface area contributed by atoms with Crippen molar-refractivity contribution in [2.45, 2.75) is 12.6 Å². The minimum Gasteiger partial charge on any atom is -0.491 e. The summed E-state index contributed by atoms with van der Waals surface area (Å²) >= 11 is 5.97. The number of hydrogen-bond donors (Lipinski definition) is 2. The predicted octanol–water partition coefficient (Wildman–Crippen LogP) is 3.62. The fourth-order valence-corrected chi connectivity index (χ4v) is 3.50. The Labute approximate surface area is 167 Å². The number of halogens is 1. The molecule has 0 bridgehead atoms. The molecule has 0 aliphatic carbocycles. The highest BCUT2D eigenvalue weighted by atomic mass is 35.5. The maximum atomic E-state index is 11.0. The van der Waals surface area contributed by atoms with E-state index in [0.29, 0.717) is 17.4 Å². The van der Waals surface area contributed by atoms with E-state index in [4.69, 9.17) is 21.4 Å². The van der Waals surface area contributed by atoms with Crippen molar-refractivity contribution in [3.8, 4) is 5.75 Å². The zero-order valence-corrected chi connectivity index (χ0v) is 16.1. The van der Waals surface area contributed by atoms with Gasteiger partial charge in [0, 0.05) is 24.3 Å². The third-order valence-corrected chi connectivity index (χ3v) is 4.95. The number of hydrogen-bond acceptors (Lipinski definition) is 4. The summed E-state index contributed by atoms with van der Waals surface area (Å²) in [4.78, 5) is 11.0. The van der Waals surface area contributed by atoms with E-state index < -0.39 is 5.97 Å². The maximum Gasteiger partial charge on any atom is 0.323 e. The second-order valence-electron chi connectivity index (χ2n) is 6.72. The number of hydrazine groups is 1. The fourth-order valence-electron chi connectivity index (χ4n) is 3.38. The highest BCUT2D eigenvalue weighted by Gasteiger charge is 2.21. The molecule has 1 atom stereocenters. The molecule has 3 aromatic rings.